The lowest BCUT2D eigenvalue weighted by atomic mass is 10.1. The van der Waals surface area contributed by atoms with E-state index < -0.39 is 0 Å². The van der Waals surface area contributed by atoms with Crippen LogP contribution in [0.15, 0.2) is 21.2 Å². The molecule has 0 saturated heterocycles. The van der Waals surface area contributed by atoms with Gasteiger partial charge in [-0.05, 0) is 50.8 Å². The molecule has 0 aromatic carbocycles. The van der Waals surface area contributed by atoms with E-state index in [2.05, 4.69) is 49.1 Å². The monoisotopic (exact) mass is 350 g/mol. The van der Waals surface area contributed by atoms with Crippen LogP contribution < -0.4 is 5.32 Å². The minimum Gasteiger partial charge on any atom is -0.396 e. The van der Waals surface area contributed by atoms with Gasteiger partial charge in [-0.3, -0.25) is 4.98 Å². The quantitative estimate of drug-likeness (QED) is 0.828. The summed E-state index contributed by atoms with van der Waals surface area (Å²) in [6.07, 6.45) is 3.58. The van der Waals surface area contributed by atoms with Gasteiger partial charge in [-0.1, -0.05) is 6.92 Å². The molecule has 1 rings (SSSR count). The average molecular weight is 352 g/mol. The van der Waals surface area contributed by atoms with Gasteiger partial charge in [0.05, 0.1) is 5.69 Å². The van der Waals surface area contributed by atoms with Crippen molar-refractivity contribution in [1.29, 1.82) is 0 Å². The Balaban J connectivity index is 2.53. The number of aliphatic hydroxyl groups excluding tert-OH is 1. The average Bonchev–Trinajstić information content (AvgIpc) is 2.26. The number of aliphatic hydroxyl groups is 1. The zero-order valence-electron chi connectivity index (χ0n) is 9.21. The molecule has 2 N–H and O–H groups in total. The second-order valence-corrected chi connectivity index (χ2v) is 5.35. The highest BCUT2D eigenvalue weighted by Gasteiger charge is 2.07. The summed E-state index contributed by atoms with van der Waals surface area (Å²) in [6, 6.07) is 2.33. The lowest BCUT2D eigenvalue weighted by molar-refractivity contribution is 0.261. The first kappa shape index (κ1) is 14.1. The highest BCUT2D eigenvalue weighted by atomic mass is 79.9. The van der Waals surface area contributed by atoms with Gasteiger partial charge in [0, 0.05) is 34.3 Å². The summed E-state index contributed by atoms with van der Waals surface area (Å²) < 4.78 is 1.96. The van der Waals surface area contributed by atoms with E-state index in [9.17, 15) is 0 Å². The van der Waals surface area contributed by atoms with E-state index in [1.54, 1.807) is 6.20 Å². The molecule has 0 saturated carbocycles. The highest BCUT2D eigenvalue weighted by Crippen LogP contribution is 2.19. The fraction of sp³-hybridized carbons (Fsp3) is 0.545. The molecule has 0 aliphatic rings. The van der Waals surface area contributed by atoms with Crippen molar-refractivity contribution in [3.05, 3.63) is 26.9 Å². The van der Waals surface area contributed by atoms with Gasteiger partial charge in [-0.15, -0.1) is 0 Å². The van der Waals surface area contributed by atoms with E-state index in [0.717, 1.165) is 27.5 Å². The van der Waals surface area contributed by atoms with E-state index in [1.165, 1.54) is 0 Å². The number of halogens is 2. The highest BCUT2D eigenvalue weighted by molar-refractivity contribution is 9.11. The Hall–Kier alpha value is 0.0300. The summed E-state index contributed by atoms with van der Waals surface area (Å²) in [5, 5.41) is 12.3. The van der Waals surface area contributed by atoms with Crippen LogP contribution in [0.2, 0.25) is 0 Å². The maximum atomic E-state index is 8.88. The van der Waals surface area contributed by atoms with E-state index in [1.807, 2.05) is 6.07 Å². The molecule has 0 amide bonds. The van der Waals surface area contributed by atoms with Crippen LogP contribution in [0.5, 0.6) is 0 Å². The van der Waals surface area contributed by atoms with Crippen molar-refractivity contribution < 1.29 is 5.11 Å². The molecule has 0 bridgehead atoms. The number of pyridine rings is 1. The molecule has 0 fully saturated rings. The first-order valence-electron chi connectivity index (χ1n) is 5.31. The van der Waals surface area contributed by atoms with Gasteiger partial charge >= 0.3 is 0 Å². The number of nitrogens with one attached hydrogen (secondary N) is 1. The molecule has 0 radical (unpaired) electrons. The van der Waals surface area contributed by atoms with Crippen LogP contribution >= 0.6 is 31.9 Å². The fourth-order valence-corrected chi connectivity index (χ4v) is 2.55. The molecule has 90 valence electrons. The Morgan fingerprint density at radius 1 is 1.50 bits per heavy atom. The largest absolute Gasteiger partial charge is 0.396 e. The van der Waals surface area contributed by atoms with Gasteiger partial charge in [-0.25, -0.2) is 0 Å². The van der Waals surface area contributed by atoms with E-state index in [4.69, 9.17) is 5.11 Å². The molecular formula is C11H16Br2N2O. The zero-order valence-corrected chi connectivity index (χ0v) is 12.4. The van der Waals surface area contributed by atoms with Crippen LogP contribution in [0.4, 0.5) is 0 Å². The van der Waals surface area contributed by atoms with Gasteiger partial charge in [0.25, 0.3) is 0 Å². The van der Waals surface area contributed by atoms with Gasteiger partial charge in [0.2, 0.25) is 0 Å². The van der Waals surface area contributed by atoms with Crippen LogP contribution in [-0.2, 0) is 6.54 Å². The van der Waals surface area contributed by atoms with E-state index in [0.29, 0.717) is 12.6 Å². The molecule has 0 spiro atoms. The summed E-state index contributed by atoms with van der Waals surface area (Å²) in [4.78, 5) is 4.33. The normalized spacial score (nSPS) is 12.8. The lowest BCUT2D eigenvalue weighted by Crippen LogP contribution is -2.29. The number of aromatic nitrogens is 1. The smallest absolute Gasteiger partial charge is 0.0684 e. The lowest BCUT2D eigenvalue weighted by Gasteiger charge is -2.15. The molecule has 1 heterocycles. The Labute approximate surface area is 113 Å². The Morgan fingerprint density at radius 3 is 2.81 bits per heavy atom. The summed E-state index contributed by atoms with van der Waals surface area (Å²) in [6.45, 7) is 3.05. The molecular weight excluding hydrogens is 336 g/mol. The zero-order chi connectivity index (χ0) is 12.0. The number of rotatable bonds is 6. The minimum absolute atomic E-state index is 0.223. The third kappa shape index (κ3) is 4.49. The molecule has 3 nitrogen and oxygen atoms in total. The van der Waals surface area contributed by atoms with Crippen LogP contribution in [0.3, 0.4) is 0 Å². The number of nitrogens with zero attached hydrogens (tertiary/aromatic N) is 1. The molecule has 1 aromatic heterocycles. The molecule has 0 aliphatic carbocycles. The van der Waals surface area contributed by atoms with Crippen molar-refractivity contribution in [2.45, 2.75) is 32.4 Å². The second kappa shape index (κ2) is 7.37. The first-order valence-corrected chi connectivity index (χ1v) is 6.90. The second-order valence-electron chi connectivity index (χ2n) is 3.58. The Kier molecular flexibility index (Phi) is 6.49. The standard InChI is InChI=1S/C11H16Br2N2O/c1-2-9(3-4-16)14-7-11-10(13)5-8(12)6-15-11/h5-6,9,14,16H,2-4,7H2,1H3. The maximum Gasteiger partial charge on any atom is 0.0684 e. The molecule has 1 aromatic rings. The van der Waals surface area contributed by atoms with E-state index >= 15 is 0 Å². The third-order valence-electron chi connectivity index (χ3n) is 2.41. The summed E-state index contributed by atoms with van der Waals surface area (Å²) in [7, 11) is 0. The fourth-order valence-electron chi connectivity index (χ4n) is 1.42. The Bertz CT molecular complexity index is 334. The number of hydrogen-bond acceptors (Lipinski definition) is 3. The predicted molar refractivity (Wildman–Crippen MR) is 72.3 cm³/mol. The molecule has 0 aliphatic heterocycles. The van der Waals surface area contributed by atoms with Crippen LogP contribution in [0.1, 0.15) is 25.5 Å². The van der Waals surface area contributed by atoms with Crippen molar-refractivity contribution in [3.8, 4) is 0 Å². The predicted octanol–water partition coefficient (Wildman–Crippen LogP) is 2.86. The summed E-state index contributed by atoms with van der Waals surface area (Å²) >= 11 is 6.85. The van der Waals surface area contributed by atoms with Crippen molar-refractivity contribution in [2.24, 2.45) is 0 Å². The van der Waals surface area contributed by atoms with Gasteiger partial charge in [-0.2, -0.15) is 0 Å². The maximum absolute atomic E-state index is 8.88. The first-order chi connectivity index (χ1) is 7.67. The Morgan fingerprint density at radius 2 is 2.25 bits per heavy atom. The number of hydrogen-bond donors (Lipinski definition) is 2. The summed E-state index contributed by atoms with van der Waals surface area (Å²) in [5.74, 6) is 0. The SMILES string of the molecule is CCC(CCO)NCc1ncc(Br)cc1Br. The topological polar surface area (TPSA) is 45.1 Å². The van der Waals surface area contributed by atoms with Crippen LogP contribution in [0, 0.1) is 0 Å². The van der Waals surface area contributed by atoms with Gasteiger partial charge in [0.15, 0.2) is 0 Å². The third-order valence-corrected chi connectivity index (χ3v) is 3.53. The van der Waals surface area contributed by atoms with Crippen LogP contribution in [-0.4, -0.2) is 22.7 Å². The molecule has 16 heavy (non-hydrogen) atoms. The van der Waals surface area contributed by atoms with Crippen molar-refractivity contribution in [2.75, 3.05) is 6.61 Å². The van der Waals surface area contributed by atoms with Crippen LogP contribution in [0.25, 0.3) is 0 Å². The molecule has 1 atom stereocenters. The summed E-state index contributed by atoms with van der Waals surface area (Å²) in [5.41, 5.74) is 0.986. The van der Waals surface area contributed by atoms with Crippen molar-refractivity contribution in [3.63, 3.8) is 0 Å². The van der Waals surface area contributed by atoms with E-state index in [-0.39, 0.29) is 6.61 Å². The van der Waals surface area contributed by atoms with Gasteiger partial charge in [0.1, 0.15) is 0 Å². The minimum atomic E-state index is 0.223. The van der Waals surface area contributed by atoms with Crippen molar-refractivity contribution in [1.82, 2.24) is 10.3 Å². The molecule has 1 unspecified atom stereocenters. The van der Waals surface area contributed by atoms with Crippen molar-refractivity contribution >= 4 is 31.9 Å². The van der Waals surface area contributed by atoms with Gasteiger partial charge < -0.3 is 10.4 Å². The molecule has 5 heteroatoms.